The molecule has 2 unspecified atom stereocenters. The fraction of sp³-hybridized carbons (Fsp3) is 1.00. The predicted molar refractivity (Wildman–Crippen MR) is 51.7 cm³/mol. The molecule has 0 aliphatic carbocycles. The van der Waals surface area contributed by atoms with Crippen LogP contribution in [0.2, 0.25) is 0 Å². The van der Waals surface area contributed by atoms with Gasteiger partial charge in [-0.2, -0.15) is 30.6 Å². The van der Waals surface area contributed by atoms with Crippen LogP contribution in [-0.4, -0.2) is 44.6 Å². The van der Waals surface area contributed by atoms with Gasteiger partial charge in [-0.05, 0) is 5.92 Å². The van der Waals surface area contributed by atoms with Gasteiger partial charge in [0.15, 0.2) is 0 Å². The van der Waals surface area contributed by atoms with Crippen molar-refractivity contribution in [3.8, 4) is 0 Å². The van der Waals surface area contributed by atoms with Crippen LogP contribution in [0.4, 0.5) is 13.2 Å². The van der Waals surface area contributed by atoms with Gasteiger partial charge in [0.2, 0.25) is 0 Å². The fourth-order valence-electron chi connectivity index (χ4n) is 1.41. The lowest BCUT2D eigenvalue weighted by molar-refractivity contribution is -0.121. The molecule has 1 rings (SSSR count). The van der Waals surface area contributed by atoms with Crippen LogP contribution in [0.5, 0.6) is 0 Å². The summed E-state index contributed by atoms with van der Waals surface area (Å²) in [6.45, 7) is 0.391. The Morgan fingerprint density at radius 2 is 2.00 bits per heavy atom. The third kappa shape index (κ3) is 3.58. The van der Waals surface area contributed by atoms with Crippen molar-refractivity contribution in [2.75, 3.05) is 19.6 Å². The molecule has 3 N–H and O–H groups in total. The monoisotopic (exact) mass is 261 g/mol. The summed E-state index contributed by atoms with van der Waals surface area (Å²) in [6, 6.07) is -0.331. The molecule has 0 radical (unpaired) electrons. The number of nitrogens with zero attached hydrogens (tertiary/aromatic N) is 1. The summed E-state index contributed by atoms with van der Waals surface area (Å²) in [5, 5.41) is 0. The standard InChI is InChI=1S/C7H14F3N3O2S/c1-5-2-13(3-6(5)11)16(14,15)12-4-7(8,9)10/h5-6,12H,2-4,11H2,1H3. The highest BCUT2D eigenvalue weighted by atomic mass is 32.2. The zero-order valence-electron chi connectivity index (χ0n) is 8.66. The SMILES string of the molecule is CC1CN(S(=O)(=O)NCC(F)(F)F)CC1N. The molecule has 2 atom stereocenters. The van der Waals surface area contributed by atoms with Gasteiger partial charge < -0.3 is 5.73 Å². The molecule has 16 heavy (non-hydrogen) atoms. The van der Waals surface area contributed by atoms with E-state index in [0.717, 1.165) is 4.31 Å². The van der Waals surface area contributed by atoms with E-state index in [1.54, 1.807) is 6.92 Å². The van der Waals surface area contributed by atoms with E-state index in [9.17, 15) is 21.6 Å². The minimum atomic E-state index is -4.56. The predicted octanol–water partition coefficient (Wildman–Crippen LogP) is -0.338. The van der Waals surface area contributed by atoms with Crippen LogP contribution in [0.3, 0.4) is 0 Å². The van der Waals surface area contributed by atoms with E-state index >= 15 is 0 Å². The number of alkyl halides is 3. The van der Waals surface area contributed by atoms with Crippen LogP contribution in [0, 0.1) is 5.92 Å². The van der Waals surface area contributed by atoms with Gasteiger partial charge in [0, 0.05) is 19.1 Å². The van der Waals surface area contributed by atoms with Crippen molar-refractivity contribution in [3.05, 3.63) is 0 Å². The highest BCUT2D eigenvalue weighted by Crippen LogP contribution is 2.18. The van der Waals surface area contributed by atoms with E-state index in [1.807, 2.05) is 0 Å². The third-order valence-electron chi connectivity index (χ3n) is 2.43. The van der Waals surface area contributed by atoms with Crippen LogP contribution >= 0.6 is 0 Å². The number of halogens is 3. The summed E-state index contributed by atoms with van der Waals surface area (Å²) in [4.78, 5) is 0. The number of nitrogens with two attached hydrogens (primary N) is 1. The van der Waals surface area contributed by atoms with Crippen molar-refractivity contribution < 1.29 is 21.6 Å². The van der Waals surface area contributed by atoms with E-state index in [0.29, 0.717) is 0 Å². The van der Waals surface area contributed by atoms with Gasteiger partial charge in [0.05, 0.1) is 0 Å². The molecule has 5 nitrogen and oxygen atoms in total. The minimum Gasteiger partial charge on any atom is -0.326 e. The maximum atomic E-state index is 11.9. The Balaban J connectivity index is 2.59. The van der Waals surface area contributed by atoms with Crippen LogP contribution in [0.25, 0.3) is 0 Å². The maximum absolute atomic E-state index is 11.9. The van der Waals surface area contributed by atoms with Crippen molar-refractivity contribution >= 4 is 10.2 Å². The van der Waals surface area contributed by atoms with Gasteiger partial charge in [-0.3, -0.25) is 0 Å². The van der Waals surface area contributed by atoms with Crippen LogP contribution in [0.15, 0.2) is 0 Å². The smallest absolute Gasteiger partial charge is 0.326 e. The van der Waals surface area contributed by atoms with Crippen molar-refractivity contribution in [1.29, 1.82) is 0 Å². The summed E-state index contributed by atoms with van der Waals surface area (Å²) in [7, 11) is -4.08. The third-order valence-corrected chi connectivity index (χ3v) is 3.92. The Hall–Kier alpha value is -0.380. The number of rotatable bonds is 3. The van der Waals surface area contributed by atoms with Crippen molar-refractivity contribution in [3.63, 3.8) is 0 Å². The van der Waals surface area contributed by atoms with Crippen LogP contribution in [0.1, 0.15) is 6.92 Å². The molecule has 9 heteroatoms. The average molecular weight is 261 g/mol. The Kier molecular flexibility index (Phi) is 3.83. The topological polar surface area (TPSA) is 75.4 Å². The molecule has 0 spiro atoms. The molecular weight excluding hydrogens is 247 g/mol. The second kappa shape index (κ2) is 4.47. The van der Waals surface area contributed by atoms with E-state index in [-0.39, 0.29) is 25.0 Å². The Morgan fingerprint density at radius 1 is 1.44 bits per heavy atom. The number of hydrogen-bond donors (Lipinski definition) is 2. The summed E-state index contributed by atoms with van der Waals surface area (Å²) < 4.78 is 60.9. The average Bonchev–Trinajstić information content (AvgIpc) is 2.44. The lowest BCUT2D eigenvalue weighted by atomic mass is 10.1. The molecule has 0 bridgehead atoms. The maximum Gasteiger partial charge on any atom is 0.402 e. The van der Waals surface area contributed by atoms with E-state index < -0.39 is 22.9 Å². The van der Waals surface area contributed by atoms with Gasteiger partial charge in [0.1, 0.15) is 6.54 Å². The molecule has 0 saturated carbocycles. The van der Waals surface area contributed by atoms with E-state index in [2.05, 4.69) is 0 Å². The molecule has 1 fully saturated rings. The first kappa shape index (κ1) is 13.7. The molecule has 0 amide bonds. The molecule has 0 aromatic heterocycles. The Morgan fingerprint density at radius 3 is 2.38 bits per heavy atom. The first-order chi connectivity index (χ1) is 7.12. The molecule has 1 heterocycles. The van der Waals surface area contributed by atoms with E-state index in [1.165, 1.54) is 4.72 Å². The van der Waals surface area contributed by atoms with Gasteiger partial charge in [-0.1, -0.05) is 6.92 Å². The highest BCUT2D eigenvalue weighted by Gasteiger charge is 2.37. The Bertz CT molecular complexity index is 333. The summed E-state index contributed by atoms with van der Waals surface area (Å²) in [5.74, 6) is -0.0533. The zero-order chi connectivity index (χ0) is 12.6. The lowest BCUT2D eigenvalue weighted by Crippen LogP contribution is -2.44. The first-order valence-electron chi connectivity index (χ1n) is 4.69. The molecule has 1 aliphatic heterocycles. The summed E-state index contributed by atoms with van der Waals surface area (Å²) >= 11 is 0. The first-order valence-corrected chi connectivity index (χ1v) is 6.13. The molecule has 0 aromatic carbocycles. The molecular formula is C7H14F3N3O2S. The second-order valence-corrected chi connectivity index (χ2v) is 5.65. The molecule has 0 aromatic rings. The molecule has 1 saturated heterocycles. The fourth-order valence-corrected chi connectivity index (χ4v) is 2.74. The summed E-state index contributed by atoms with van der Waals surface area (Å²) in [6.07, 6.45) is -4.56. The highest BCUT2D eigenvalue weighted by molar-refractivity contribution is 7.87. The van der Waals surface area contributed by atoms with Crippen molar-refractivity contribution in [1.82, 2.24) is 9.03 Å². The van der Waals surface area contributed by atoms with Crippen LogP contribution < -0.4 is 10.5 Å². The number of nitrogens with one attached hydrogen (secondary N) is 1. The summed E-state index contributed by atoms with van der Waals surface area (Å²) in [5.41, 5.74) is 5.59. The van der Waals surface area contributed by atoms with Gasteiger partial charge in [0.25, 0.3) is 10.2 Å². The van der Waals surface area contributed by atoms with Gasteiger partial charge in [-0.15, -0.1) is 0 Å². The second-order valence-electron chi connectivity index (χ2n) is 3.90. The lowest BCUT2D eigenvalue weighted by Gasteiger charge is -2.17. The number of hydrogen-bond acceptors (Lipinski definition) is 3. The van der Waals surface area contributed by atoms with Crippen molar-refractivity contribution in [2.45, 2.75) is 19.1 Å². The van der Waals surface area contributed by atoms with Gasteiger partial charge in [-0.25, -0.2) is 0 Å². The zero-order valence-corrected chi connectivity index (χ0v) is 9.48. The van der Waals surface area contributed by atoms with Crippen LogP contribution in [-0.2, 0) is 10.2 Å². The largest absolute Gasteiger partial charge is 0.402 e. The molecule has 1 aliphatic rings. The van der Waals surface area contributed by atoms with Gasteiger partial charge >= 0.3 is 6.18 Å². The Labute approximate surface area is 92.0 Å². The molecule has 96 valence electrons. The van der Waals surface area contributed by atoms with Crippen molar-refractivity contribution in [2.24, 2.45) is 11.7 Å². The quantitative estimate of drug-likeness (QED) is 0.730. The normalized spacial score (nSPS) is 28.6. The van der Waals surface area contributed by atoms with E-state index in [4.69, 9.17) is 5.73 Å². The minimum absolute atomic E-state index is 0.0500.